The van der Waals surface area contributed by atoms with Crippen LogP contribution in [0.2, 0.25) is 0 Å². The first kappa shape index (κ1) is 24.3. The Morgan fingerprint density at radius 3 is 2.78 bits per heavy atom. The number of carbonyl (C=O) groups is 1. The predicted molar refractivity (Wildman–Crippen MR) is 133 cm³/mol. The summed E-state index contributed by atoms with van der Waals surface area (Å²) in [6.07, 6.45) is 14.2. The Morgan fingerprint density at radius 1 is 1.34 bits per heavy atom. The minimum absolute atomic E-state index is 0.297. The van der Waals surface area contributed by atoms with Gasteiger partial charge in [0.25, 0.3) is 0 Å². The number of nitrogen functional groups attached to an aromatic ring is 1. The summed E-state index contributed by atoms with van der Waals surface area (Å²) >= 11 is 0. The number of amides is 1. The van der Waals surface area contributed by atoms with Crippen LogP contribution in [0.25, 0.3) is 0 Å². The van der Waals surface area contributed by atoms with E-state index in [-0.39, 0.29) is 0 Å². The normalized spacial score (nSPS) is 30.3. The number of allylic oxidation sites excluding steroid dienone is 3. The third-order valence-corrected chi connectivity index (χ3v) is 8.79. The zero-order valence-electron chi connectivity index (χ0n) is 20.7. The van der Waals surface area contributed by atoms with Crippen LogP contribution in [0.1, 0.15) is 73.1 Å². The monoisotopic (exact) mass is 439 g/mol. The largest absolute Gasteiger partial charge is 0.382 e. The molecule has 1 aromatic rings. The quantitative estimate of drug-likeness (QED) is 0.407. The molecule has 3 rings (SSSR count). The molecule has 32 heavy (non-hydrogen) atoms. The van der Waals surface area contributed by atoms with Crippen LogP contribution in [0.3, 0.4) is 0 Å². The summed E-state index contributed by atoms with van der Waals surface area (Å²) in [5.41, 5.74) is 10.2. The molecule has 3 N–H and O–H groups in total. The third-order valence-electron chi connectivity index (χ3n) is 8.79. The van der Waals surface area contributed by atoms with Gasteiger partial charge in [-0.25, -0.2) is 9.97 Å². The molecule has 1 aromatic heterocycles. The number of aromatic nitrogens is 2. The number of anilines is 3. The molecule has 1 heterocycles. The molecule has 6 nitrogen and oxygen atoms in total. The average Bonchev–Trinajstić information content (AvgIpc) is 2.78. The number of nitrogens with two attached hydrogens (primary N) is 1. The van der Waals surface area contributed by atoms with E-state index in [1.165, 1.54) is 44.0 Å². The maximum atomic E-state index is 11.8. The van der Waals surface area contributed by atoms with Crippen molar-refractivity contribution in [3.05, 3.63) is 29.6 Å². The first-order valence-electron chi connectivity index (χ1n) is 12.0. The van der Waals surface area contributed by atoms with Crippen molar-refractivity contribution in [1.29, 1.82) is 0 Å². The van der Waals surface area contributed by atoms with Gasteiger partial charge in [0, 0.05) is 13.6 Å². The molecule has 0 radical (unpaired) electrons. The summed E-state index contributed by atoms with van der Waals surface area (Å²) in [4.78, 5) is 21.6. The van der Waals surface area contributed by atoms with Crippen molar-refractivity contribution in [1.82, 2.24) is 9.97 Å². The van der Waals surface area contributed by atoms with Crippen molar-refractivity contribution in [3.8, 4) is 0 Å². The molecule has 2 aliphatic carbocycles. The summed E-state index contributed by atoms with van der Waals surface area (Å²) < 4.78 is 0. The number of hydrogen-bond acceptors (Lipinski definition) is 5. The summed E-state index contributed by atoms with van der Waals surface area (Å²) in [6, 6.07) is 0. The van der Waals surface area contributed by atoms with Gasteiger partial charge in [0.15, 0.2) is 11.6 Å². The predicted octanol–water partition coefficient (Wildman–Crippen LogP) is 5.59. The van der Waals surface area contributed by atoms with Crippen LogP contribution in [0, 0.1) is 22.7 Å². The topological polar surface area (TPSA) is 84.1 Å². The summed E-state index contributed by atoms with van der Waals surface area (Å²) in [5.74, 6) is 2.32. The van der Waals surface area contributed by atoms with Gasteiger partial charge in [0.2, 0.25) is 6.41 Å². The molecule has 0 unspecified atom stereocenters. The standard InChI is InChI=1S/C26H41N5O/c1-18(12-15-31(17-32)22-23(27)29-16-30-24(22)28-6)10-13-25(4)20(3)11-14-26(5)19(2)8-7-9-21(25)26/h8,12,16-17,20-21H,7,9-11,13-15H2,1-6H3,(H3,27,28,29,30)/b18-12+/t20-,21-,25+,26-/m0/s1. The van der Waals surface area contributed by atoms with Crippen LogP contribution in [-0.4, -0.2) is 30.0 Å². The number of nitrogens with one attached hydrogen (secondary N) is 1. The molecule has 0 saturated heterocycles. The minimum Gasteiger partial charge on any atom is -0.382 e. The van der Waals surface area contributed by atoms with Crippen molar-refractivity contribution >= 4 is 23.7 Å². The second-order valence-corrected chi connectivity index (χ2v) is 10.4. The van der Waals surface area contributed by atoms with Crippen LogP contribution >= 0.6 is 0 Å². The van der Waals surface area contributed by atoms with Crippen molar-refractivity contribution < 1.29 is 4.79 Å². The number of carbonyl (C=O) groups excluding carboxylic acids is 1. The van der Waals surface area contributed by atoms with Crippen molar-refractivity contribution in [2.75, 3.05) is 29.5 Å². The van der Waals surface area contributed by atoms with Gasteiger partial charge in [0.05, 0.1) is 0 Å². The molecule has 176 valence electrons. The Labute approximate surface area is 193 Å². The smallest absolute Gasteiger partial charge is 0.214 e. The lowest BCUT2D eigenvalue weighted by atomic mass is 9.47. The maximum Gasteiger partial charge on any atom is 0.214 e. The SMILES string of the molecule is CNc1ncnc(N)c1N(C=O)C/C=C(\C)CC[C@]1(C)[C@@H](C)CC[C@@]2(C)C(C)=CCC[C@@H]12. The van der Waals surface area contributed by atoms with Gasteiger partial charge in [-0.3, -0.25) is 4.79 Å². The Hall–Kier alpha value is -2.37. The van der Waals surface area contributed by atoms with E-state index in [1.807, 2.05) is 0 Å². The highest BCUT2D eigenvalue weighted by Crippen LogP contribution is 2.61. The maximum absolute atomic E-state index is 11.8. The highest BCUT2D eigenvalue weighted by molar-refractivity contribution is 5.88. The van der Waals surface area contributed by atoms with E-state index in [2.05, 4.69) is 62.1 Å². The Balaban J connectivity index is 1.72. The zero-order chi connectivity index (χ0) is 23.5. The lowest BCUT2D eigenvalue weighted by Crippen LogP contribution is -2.49. The number of hydrogen-bond donors (Lipinski definition) is 2. The molecule has 6 heteroatoms. The van der Waals surface area contributed by atoms with E-state index in [0.29, 0.717) is 34.7 Å². The first-order valence-corrected chi connectivity index (χ1v) is 12.0. The van der Waals surface area contributed by atoms with Crippen LogP contribution in [-0.2, 0) is 4.79 Å². The highest BCUT2D eigenvalue weighted by atomic mass is 16.1. The molecule has 1 amide bonds. The van der Waals surface area contributed by atoms with E-state index in [9.17, 15) is 4.79 Å². The molecule has 1 saturated carbocycles. The van der Waals surface area contributed by atoms with Crippen molar-refractivity contribution in [2.45, 2.75) is 73.1 Å². The molecule has 1 fully saturated rings. The van der Waals surface area contributed by atoms with Gasteiger partial charge >= 0.3 is 0 Å². The molecular formula is C26H41N5O. The number of rotatable bonds is 8. The molecule has 0 aliphatic heterocycles. The van der Waals surface area contributed by atoms with Gasteiger partial charge in [0.1, 0.15) is 12.0 Å². The third kappa shape index (κ3) is 4.41. The second kappa shape index (κ2) is 9.63. The van der Waals surface area contributed by atoms with Crippen LogP contribution in [0.15, 0.2) is 29.6 Å². The Bertz CT molecular complexity index is 894. The fourth-order valence-corrected chi connectivity index (χ4v) is 6.20. The zero-order valence-corrected chi connectivity index (χ0v) is 20.7. The lowest BCUT2D eigenvalue weighted by Gasteiger charge is -2.58. The van der Waals surface area contributed by atoms with Crippen molar-refractivity contribution in [2.24, 2.45) is 22.7 Å². The number of nitrogens with zero attached hydrogens (tertiary/aromatic N) is 3. The summed E-state index contributed by atoms with van der Waals surface area (Å²) in [7, 11) is 1.76. The van der Waals surface area contributed by atoms with E-state index < -0.39 is 0 Å². The van der Waals surface area contributed by atoms with E-state index in [4.69, 9.17) is 5.73 Å². The average molecular weight is 440 g/mol. The Morgan fingerprint density at radius 2 is 2.09 bits per heavy atom. The Kier molecular flexibility index (Phi) is 7.31. The molecule has 0 bridgehead atoms. The number of fused-ring (bicyclic) bond motifs is 1. The van der Waals surface area contributed by atoms with Gasteiger partial charge in [-0.2, -0.15) is 0 Å². The molecule has 0 spiro atoms. The molecule has 4 atom stereocenters. The molecular weight excluding hydrogens is 398 g/mol. The molecule has 0 aromatic carbocycles. The first-order chi connectivity index (χ1) is 15.2. The van der Waals surface area contributed by atoms with Gasteiger partial charge in [-0.05, 0) is 75.0 Å². The fraction of sp³-hybridized carbons (Fsp3) is 0.654. The van der Waals surface area contributed by atoms with Crippen LogP contribution in [0.4, 0.5) is 17.3 Å². The van der Waals surface area contributed by atoms with Crippen molar-refractivity contribution in [3.63, 3.8) is 0 Å². The summed E-state index contributed by atoms with van der Waals surface area (Å²) in [6.45, 7) is 12.5. The fourth-order valence-electron chi connectivity index (χ4n) is 6.20. The highest BCUT2D eigenvalue weighted by Gasteiger charge is 2.52. The van der Waals surface area contributed by atoms with Gasteiger partial charge in [-0.15, -0.1) is 0 Å². The van der Waals surface area contributed by atoms with Gasteiger partial charge in [-0.1, -0.05) is 44.1 Å². The summed E-state index contributed by atoms with van der Waals surface area (Å²) in [5, 5.41) is 2.99. The van der Waals surface area contributed by atoms with Crippen LogP contribution < -0.4 is 16.0 Å². The lowest BCUT2D eigenvalue weighted by molar-refractivity contribution is -0.107. The van der Waals surface area contributed by atoms with E-state index in [0.717, 1.165) is 24.7 Å². The molecule has 2 aliphatic rings. The van der Waals surface area contributed by atoms with Crippen LogP contribution in [0.5, 0.6) is 0 Å². The van der Waals surface area contributed by atoms with Gasteiger partial charge < -0.3 is 16.0 Å². The van der Waals surface area contributed by atoms with E-state index >= 15 is 0 Å². The second-order valence-electron chi connectivity index (χ2n) is 10.4. The van der Waals surface area contributed by atoms with E-state index in [1.54, 1.807) is 17.5 Å². The minimum atomic E-state index is 0.297.